The predicted molar refractivity (Wildman–Crippen MR) is 68.2 cm³/mol. The van der Waals surface area contributed by atoms with Crippen LogP contribution in [0.25, 0.3) is 0 Å². The summed E-state index contributed by atoms with van der Waals surface area (Å²) in [7, 11) is 0. The third-order valence-corrected chi connectivity index (χ3v) is 3.46. The second kappa shape index (κ2) is 5.04. The first kappa shape index (κ1) is 13.0. The Morgan fingerprint density at radius 3 is 2.72 bits per heavy atom. The summed E-state index contributed by atoms with van der Waals surface area (Å²) in [5.41, 5.74) is 0.529. The molecule has 0 aromatic heterocycles. The zero-order chi connectivity index (χ0) is 13.2. The molecule has 1 aromatic carbocycles. The number of nitro groups is 1. The van der Waals surface area contributed by atoms with Gasteiger partial charge >= 0.3 is 0 Å². The van der Waals surface area contributed by atoms with Crippen LogP contribution in [0.5, 0.6) is 0 Å². The second-order valence-electron chi connectivity index (χ2n) is 5.20. The van der Waals surface area contributed by atoms with Gasteiger partial charge in [-0.1, -0.05) is 12.1 Å². The van der Waals surface area contributed by atoms with Crippen LogP contribution in [-0.2, 0) is 6.54 Å². The maximum absolute atomic E-state index is 10.7. The molecule has 2 rings (SSSR count). The highest BCUT2D eigenvalue weighted by molar-refractivity contribution is 5.34. The number of nitrogens with zero attached hydrogens (tertiary/aromatic N) is 2. The fraction of sp³-hybridized carbons (Fsp3) is 0.538. The molecule has 1 fully saturated rings. The fourth-order valence-electron chi connectivity index (χ4n) is 2.22. The third-order valence-electron chi connectivity index (χ3n) is 3.46. The van der Waals surface area contributed by atoms with Gasteiger partial charge in [0.2, 0.25) is 0 Å². The lowest BCUT2D eigenvalue weighted by atomic mass is 9.93. The summed E-state index contributed by atoms with van der Waals surface area (Å²) in [4.78, 5) is 12.5. The molecule has 1 saturated heterocycles. The van der Waals surface area contributed by atoms with Gasteiger partial charge in [0.25, 0.3) is 5.69 Å². The van der Waals surface area contributed by atoms with Crippen LogP contribution in [0.1, 0.15) is 25.3 Å². The summed E-state index contributed by atoms with van der Waals surface area (Å²) in [6.07, 6.45) is 1.50. The summed E-state index contributed by atoms with van der Waals surface area (Å²) in [6.45, 7) is 4.22. The quantitative estimate of drug-likeness (QED) is 0.657. The third kappa shape index (κ3) is 3.27. The van der Waals surface area contributed by atoms with E-state index in [0.29, 0.717) is 6.54 Å². The molecule has 0 bridgehead atoms. The molecule has 1 aromatic rings. The SMILES string of the molecule is CC1(O)CCN(Cc2cccc([N+](=O)[O-])c2)CC1. The van der Waals surface area contributed by atoms with Crippen molar-refractivity contribution in [3.05, 3.63) is 39.9 Å². The van der Waals surface area contributed by atoms with Gasteiger partial charge in [0.05, 0.1) is 10.5 Å². The average molecular weight is 250 g/mol. The number of non-ortho nitro benzene ring substituents is 1. The van der Waals surface area contributed by atoms with E-state index < -0.39 is 5.60 Å². The molecule has 0 spiro atoms. The van der Waals surface area contributed by atoms with Gasteiger partial charge in [0, 0.05) is 31.8 Å². The van der Waals surface area contributed by atoms with Gasteiger partial charge in [-0.15, -0.1) is 0 Å². The Kier molecular flexibility index (Phi) is 3.63. The van der Waals surface area contributed by atoms with Gasteiger partial charge in [0.15, 0.2) is 0 Å². The molecule has 0 radical (unpaired) electrons. The second-order valence-corrected chi connectivity index (χ2v) is 5.20. The molecule has 18 heavy (non-hydrogen) atoms. The molecule has 1 N–H and O–H groups in total. The number of aliphatic hydroxyl groups is 1. The number of benzene rings is 1. The van der Waals surface area contributed by atoms with E-state index in [1.165, 1.54) is 6.07 Å². The van der Waals surface area contributed by atoms with Crippen LogP contribution in [0, 0.1) is 10.1 Å². The monoisotopic (exact) mass is 250 g/mol. The Morgan fingerprint density at radius 1 is 1.44 bits per heavy atom. The van der Waals surface area contributed by atoms with Crippen molar-refractivity contribution >= 4 is 5.69 Å². The van der Waals surface area contributed by atoms with E-state index in [9.17, 15) is 15.2 Å². The molecular formula is C13H18N2O3. The van der Waals surface area contributed by atoms with E-state index in [4.69, 9.17) is 0 Å². The first-order chi connectivity index (χ1) is 8.46. The lowest BCUT2D eigenvalue weighted by molar-refractivity contribution is -0.384. The first-order valence-electron chi connectivity index (χ1n) is 6.14. The number of rotatable bonds is 3. The van der Waals surface area contributed by atoms with E-state index in [1.54, 1.807) is 12.1 Å². The van der Waals surface area contributed by atoms with Crippen molar-refractivity contribution in [1.29, 1.82) is 0 Å². The molecule has 1 aliphatic rings. The Bertz CT molecular complexity index is 436. The van der Waals surface area contributed by atoms with Gasteiger partial charge in [0.1, 0.15) is 0 Å². The van der Waals surface area contributed by atoms with E-state index >= 15 is 0 Å². The Morgan fingerprint density at radius 2 is 2.11 bits per heavy atom. The van der Waals surface area contributed by atoms with Crippen molar-refractivity contribution in [2.24, 2.45) is 0 Å². The minimum absolute atomic E-state index is 0.136. The molecule has 0 saturated carbocycles. The number of nitro benzene ring substituents is 1. The van der Waals surface area contributed by atoms with Crippen LogP contribution in [0.2, 0.25) is 0 Å². The highest BCUT2D eigenvalue weighted by Gasteiger charge is 2.27. The van der Waals surface area contributed by atoms with Crippen molar-refractivity contribution in [2.75, 3.05) is 13.1 Å². The Labute approximate surface area is 106 Å². The highest BCUT2D eigenvalue weighted by Crippen LogP contribution is 2.23. The molecule has 1 aliphatic heterocycles. The summed E-state index contributed by atoms with van der Waals surface area (Å²) in [5.74, 6) is 0. The first-order valence-corrected chi connectivity index (χ1v) is 6.14. The zero-order valence-electron chi connectivity index (χ0n) is 10.5. The topological polar surface area (TPSA) is 66.6 Å². The normalized spacial score (nSPS) is 19.7. The molecule has 0 unspecified atom stereocenters. The molecule has 1 heterocycles. The Hall–Kier alpha value is -1.46. The molecule has 0 amide bonds. The van der Waals surface area contributed by atoms with Gasteiger partial charge in [-0.2, -0.15) is 0 Å². The smallest absolute Gasteiger partial charge is 0.269 e. The number of likely N-dealkylation sites (tertiary alicyclic amines) is 1. The van der Waals surface area contributed by atoms with Gasteiger partial charge < -0.3 is 5.11 Å². The lowest BCUT2D eigenvalue weighted by Gasteiger charge is -2.35. The van der Waals surface area contributed by atoms with Gasteiger partial charge in [-0.3, -0.25) is 15.0 Å². The minimum atomic E-state index is -0.556. The van der Waals surface area contributed by atoms with Crippen LogP contribution in [-0.4, -0.2) is 33.6 Å². The van der Waals surface area contributed by atoms with E-state index in [1.807, 2.05) is 13.0 Å². The van der Waals surface area contributed by atoms with Crippen molar-refractivity contribution in [2.45, 2.75) is 31.9 Å². The van der Waals surface area contributed by atoms with E-state index in [0.717, 1.165) is 31.5 Å². The molecule has 98 valence electrons. The van der Waals surface area contributed by atoms with Gasteiger partial charge in [-0.25, -0.2) is 0 Å². The maximum atomic E-state index is 10.7. The van der Waals surface area contributed by atoms with Crippen LogP contribution in [0.15, 0.2) is 24.3 Å². The van der Waals surface area contributed by atoms with Crippen LogP contribution in [0.4, 0.5) is 5.69 Å². The van der Waals surface area contributed by atoms with E-state index in [-0.39, 0.29) is 10.6 Å². The maximum Gasteiger partial charge on any atom is 0.269 e. The molecule has 0 aliphatic carbocycles. The summed E-state index contributed by atoms with van der Waals surface area (Å²) < 4.78 is 0. The molecule has 5 nitrogen and oxygen atoms in total. The molecular weight excluding hydrogens is 232 g/mol. The predicted octanol–water partition coefficient (Wildman–Crippen LogP) is 1.94. The van der Waals surface area contributed by atoms with Gasteiger partial charge in [-0.05, 0) is 25.3 Å². The number of piperidine rings is 1. The summed E-state index contributed by atoms with van der Waals surface area (Å²) >= 11 is 0. The highest BCUT2D eigenvalue weighted by atomic mass is 16.6. The molecule has 0 atom stereocenters. The number of hydrogen-bond donors (Lipinski definition) is 1. The molecule has 5 heteroatoms. The van der Waals surface area contributed by atoms with Crippen LogP contribution < -0.4 is 0 Å². The standard InChI is InChI=1S/C13H18N2O3/c1-13(16)5-7-14(8-6-13)10-11-3-2-4-12(9-11)15(17)18/h2-4,9,16H,5-8,10H2,1H3. The van der Waals surface area contributed by atoms with Crippen LogP contribution in [0.3, 0.4) is 0 Å². The minimum Gasteiger partial charge on any atom is -0.390 e. The lowest BCUT2D eigenvalue weighted by Crippen LogP contribution is -2.41. The summed E-state index contributed by atoms with van der Waals surface area (Å²) in [6, 6.07) is 6.74. The zero-order valence-corrected chi connectivity index (χ0v) is 10.5. The largest absolute Gasteiger partial charge is 0.390 e. The summed E-state index contributed by atoms with van der Waals surface area (Å²) in [5, 5.41) is 20.5. The Balaban J connectivity index is 1.98. The van der Waals surface area contributed by atoms with Crippen molar-refractivity contribution in [1.82, 2.24) is 4.90 Å². The van der Waals surface area contributed by atoms with Crippen molar-refractivity contribution in [3.63, 3.8) is 0 Å². The average Bonchev–Trinajstić information content (AvgIpc) is 2.32. The van der Waals surface area contributed by atoms with E-state index in [2.05, 4.69) is 4.90 Å². The van der Waals surface area contributed by atoms with Crippen LogP contribution >= 0.6 is 0 Å². The van der Waals surface area contributed by atoms with Crippen molar-refractivity contribution in [3.8, 4) is 0 Å². The fourth-order valence-corrected chi connectivity index (χ4v) is 2.22. The van der Waals surface area contributed by atoms with Crippen molar-refractivity contribution < 1.29 is 10.0 Å². The number of hydrogen-bond acceptors (Lipinski definition) is 4.